The lowest BCUT2D eigenvalue weighted by molar-refractivity contribution is 0.0825. The molecule has 17 heavy (non-hydrogen) atoms. The smallest absolute Gasteiger partial charge is 0.405 e. The van der Waals surface area contributed by atoms with Gasteiger partial charge in [0.15, 0.2) is 0 Å². The van der Waals surface area contributed by atoms with Gasteiger partial charge in [0, 0.05) is 26.2 Å². The number of carboxylic acid groups (broad SMARTS) is 1. The van der Waals surface area contributed by atoms with Crippen LogP contribution in [-0.2, 0) is 4.74 Å². The molecule has 2 atom stereocenters. The molecule has 98 valence electrons. The first-order valence-corrected chi connectivity index (χ1v) is 6.17. The standard InChI is InChI=1S/C11H21N3O3/c1-17-10-7-14(6-9(10)13-11(15)16)8-2-4-12-5-3-8/h8-10,12-13H,2-7H2,1H3,(H,15,16)/t9-,10-/m1/s1. The molecule has 2 rings (SSSR count). The quantitative estimate of drug-likeness (QED) is 0.635. The molecule has 0 aliphatic carbocycles. The van der Waals surface area contributed by atoms with Gasteiger partial charge in [0.2, 0.25) is 0 Å². The summed E-state index contributed by atoms with van der Waals surface area (Å²) < 4.78 is 5.36. The van der Waals surface area contributed by atoms with Crippen molar-refractivity contribution in [1.29, 1.82) is 0 Å². The average Bonchev–Trinajstić information content (AvgIpc) is 2.72. The molecule has 3 N–H and O–H groups in total. The predicted octanol–water partition coefficient (Wildman–Crippen LogP) is -0.295. The minimum atomic E-state index is -0.968. The number of hydrogen-bond acceptors (Lipinski definition) is 4. The third-order valence-corrected chi connectivity index (χ3v) is 3.73. The first-order valence-electron chi connectivity index (χ1n) is 6.17. The summed E-state index contributed by atoms with van der Waals surface area (Å²) in [6.45, 7) is 3.69. The molecule has 0 aromatic heterocycles. The lowest BCUT2D eigenvalue weighted by Crippen LogP contribution is -2.44. The summed E-state index contributed by atoms with van der Waals surface area (Å²) in [4.78, 5) is 13.1. The van der Waals surface area contributed by atoms with Gasteiger partial charge in [-0.2, -0.15) is 0 Å². The van der Waals surface area contributed by atoms with Crippen LogP contribution in [0.2, 0.25) is 0 Å². The number of hydrogen-bond donors (Lipinski definition) is 3. The average molecular weight is 243 g/mol. The lowest BCUT2D eigenvalue weighted by Gasteiger charge is -2.31. The van der Waals surface area contributed by atoms with Gasteiger partial charge in [-0.15, -0.1) is 0 Å². The van der Waals surface area contributed by atoms with Crippen molar-refractivity contribution in [2.24, 2.45) is 0 Å². The van der Waals surface area contributed by atoms with Crippen molar-refractivity contribution >= 4 is 6.09 Å². The van der Waals surface area contributed by atoms with Crippen LogP contribution in [0.1, 0.15) is 12.8 Å². The van der Waals surface area contributed by atoms with Gasteiger partial charge in [0.25, 0.3) is 0 Å². The zero-order valence-electron chi connectivity index (χ0n) is 10.2. The second-order valence-electron chi connectivity index (χ2n) is 4.77. The van der Waals surface area contributed by atoms with E-state index in [-0.39, 0.29) is 12.1 Å². The van der Waals surface area contributed by atoms with Gasteiger partial charge in [-0.05, 0) is 25.9 Å². The van der Waals surface area contributed by atoms with Crippen molar-refractivity contribution in [3.05, 3.63) is 0 Å². The predicted molar refractivity (Wildman–Crippen MR) is 63.2 cm³/mol. The number of rotatable bonds is 3. The molecule has 2 aliphatic heterocycles. The van der Waals surface area contributed by atoms with Crippen LogP contribution in [0.5, 0.6) is 0 Å². The minimum Gasteiger partial charge on any atom is -0.465 e. The van der Waals surface area contributed by atoms with E-state index in [0.717, 1.165) is 39.0 Å². The first kappa shape index (κ1) is 12.6. The molecule has 0 radical (unpaired) electrons. The van der Waals surface area contributed by atoms with Gasteiger partial charge in [-0.25, -0.2) is 4.79 Å². The van der Waals surface area contributed by atoms with Gasteiger partial charge in [0.1, 0.15) is 0 Å². The molecule has 6 nitrogen and oxygen atoms in total. The fraction of sp³-hybridized carbons (Fsp3) is 0.909. The fourth-order valence-corrected chi connectivity index (χ4v) is 2.81. The van der Waals surface area contributed by atoms with E-state index < -0.39 is 6.09 Å². The highest BCUT2D eigenvalue weighted by molar-refractivity contribution is 5.65. The number of piperidine rings is 1. The molecule has 2 aliphatic rings. The van der Waals surface area contributed by atoms with Crippen LogP contribution in [-0.4, -0.2) is 67.6 Å². The Hall–Kier alpha value is -0.850. The third kappa shape index (κ3) is 3.08. The van der Waals surface area contributed by atoms with Crippen molar-refractivity contribution in [3.63, 3.8) is 0 Å². The van der Waals surface area contributed by atoms with Crippen LogP contribution in [0, 0.1) is 0 Å². The monoisotopic (exact) mass is 243 g/mol. The normalized spacial score (nSPS) is 31.6. The summed E-state index contributed by atoms with van der Waals surface area (Å²) in [7, 11) is 1.65. The Morgan fingerprint density at radius 1 is 1.41 bits per heavy atom. The van der Waals surface area contributed by atoms with E-state index >= 15 is 0 Å². The molecule has 0 unspecified atom stereocenters. The maximum absolute atomic E-state index is 10.7. The van der Waals surface area contributed by atoms with E-state index in [1.165, 1.54) is 0 Å². The van der Waals surface area contributed by atoms with E-state index in [4.69, 9.17) is 9.84 Å². The zero-order valence-corrected chi connectivity index (χ0v) is 10.2. The van der Waals surface area contributed by atoms with E-state index in [2.05, 4.69) is 15.5 Å². The maximum Gasteiger partial charge on any atom is 0.405 e. The molecule has 6 heteroatoms. The number of ether oxygens (including phenoxy) is 1. The molecule has 2 heterocycles. The van der Waals surface area contributed by atoms with Crippen molar-refractivity contribution in [2.45, 2.75) is 31.0 Å². The zero-order chi connectivity index (χ0) is 12.3. The minimum absolute atomic E-state index is 0.0269. The highest BCUT2D eigenvalue weighted by Crippen LogP contribution is 2.20. The van der Waals surface area contributed by atoms with Crippen LogP contribution in [0.4, 0.5) is 4.79 Å². The van der Waals surface area contributed by atoms with Crippen LogP contribution in [0.25, 0.3) is 0 Å². The summed E-state index contributed by atoms with van der Waals surface area (Å²) >= 11 is 0. The number of nitrogens with one attached hydrogen (secondary N) is 2. The number of nitrogens with zero attached hydrogens (tertiary/aromatic N) is 1. The molecule has 0 aromatic rings. The molecule has 2 saturated heterocycles. The molecule has 0 spiro atoms. The van der Waals surface area contributed by atoms with Crippen LogP contribution in [0.3, 0.4) is 0 Å². The summed E-state index contributed by atoms with van der Waals surface area (Å²) in [6.07, 6.45) is 1.28. The van der Waals surface area contributed by atoms with E-state index in [1.54, 1.807) is 7.11 Å². The van der Waals surface area contributed by atoms with E-state index in [1.807, 2.05) is 0 Å². The van der Waals surface area contributed by atoms with Crippen LogP contribution < -0.4 is 10.6 Å². The summed E-state index contributed by atoms with van der Waals surface area (Å²) in [5, 5.41) is 14.7. The summed E-state index contributed by atoms with van der Waals surface area (Å²) in [5.74, 6) is 0. The lowest BCUT2D eigenvalue weighted by atomic mass is 10.1. The van der Waals surface area contributed by atoms with Crippen molar-refractivity contribution in [2.75, 3.05) is 33.3 Å². The van der Waals surface area contributed by atoms with Crippen molar-refractivity contribution in [1.82, 2.24) is 15.5 Å². The number of methoxy groups -OCH3 is 1. The number of amides is 1. The third-order valence-electron chi connectivity index (χ3n) is 3.73. The number of likely N-dealkylation sites (tertiary alicyclic amines) is 1. The largest absolute Gasteiger partial charge is 0.465 e. The molecular weight excluding hydrogens is 222 g/mol. The van der Waals surface area contributed by atoms with E-state index in [0.29, 0.717) is 6.04 Å². The van der Waals surface area contributed by atoms with Crippen LogP contribution >= 0.6 is 0 Å². The Morgan fingerprint density at radius 3 is 2.71 bits per heavy atom. The van der Waals surface area contributed by atoms with Crippen molar-refractivity contribution < 1.29 is 14.6 Å². The Morgan fingerprint density at radius 2 is 2.12 bits per heavy atom. The maximum atomic E-state index is 10.7. The second kappa shape index (κ2) is 5.66. The highest BCUT2D eigenvalue weighted by atomic mass is 16.5. The molecule has 0 aromatic carbocycles. The Bertz CT molecular complexity index is 269. The molecule has 1 amide bonds. The van der Waals surface area contributed by atoms with Gasteiger partial charge < -0.3 is 20.5 Å². The molecule has 2 fully saturated rings. The molecule has 0 saturated carbocycles. The van der Waals surface area contributed by atoms with Crippen LogP contribution in [0.15, 0.2) is 0 Å². The van der Waals surface area contributed by atoms with Gasteiger partial charge in [0.05, 0.1) is 12.1 Å². The fourth-order valence-electron chi connectivity index (χ4n) is 2.81. The molecule has 0 bridgehead atoms. The number of carbonyl (C=O) groups is 1. The Kier molecular flexibility index (Phi) is 4.20. The molecular formula is C11H21N3O3. The second-order valence-corrected chi connectivity index (χ2v) is 4.77. The van der Waals surface area contributed by atoms with Gasteiger partial charge in [-0.1, -0.05) is 0 Å². The van der Waals surface area contributed by atoms with Crippen molar-refractivity contribution in [3.8, 4) is 0 Å². The summed E-state index contributed by atoms with van der Waals surface area (Å²) in [6, 6.07) is 0.460. The van der Waals surface area contributed by atoms with Gasteiger partial charge in [-0.3, -0.25) is 4.90 Å². The van der Waals surface area contributed by atoms with Gasteiger partial charge >= 0.3 is 6.09 Å². The van der Waals surface area contributed by atoms with E-state index in [9.17, 15) is 4.79 Å². The topological polar surface area (TPSA) is 73.8 Å². The highest BCUT2D eigenvalue weighted by Gasteiger charge is 2.37. The summed E-state index contributed by atoms with van der Waals surface area (Å²) in [5.41, 5.74) is 0. The Labute approximate surface area is 101 Å². The Balaban J connectivity index is 1.91. The SMILES string of the molecule is CO[C@@H]1CN(C2CCNCC2)C[C@H]1NC(=O)O. The first-order chi connectivity index (χ1) is 8.20.